The lowest BCUT2D eigenvalue weighted by Gasteiger charge is -2.45. The highest BCUT2D eigenvalue weighted by molar-refractivity contribution is 7.20. The molecule has 56 heavy (non-hydrogen) atoms. The molecular weight excluding hydrogens is 757 g/mol. The van der Waals surface area contributed by atoms with E-state index in [1.54, 1.807) is 0 Å². The van der Waals surface area contributed by atoms with E-state index in [1.165, 1.54) is 64.2 Å². The average molecular weight is 802 g/mol. The molecule has 2 saturated carbocycles. The first-order valence-corrected chi connectivity index (χ1v) is 18.7. The number of benzene rings is 4. The van der Waals surface area contributed by atoms with E-state index in [1.807, 2.05) is 0 Å². The van der Waals surface area contributed by atoms with Crippen molar-refractivity contribution in [2.75, 3.05) is 0 Å². The van der Waals surface area contributed by atoms with Crippen molar-refractivity contribution in [1.29, 1.82) is 0 Å². The standard InChI is InChI=1S/C28H16BF12.C14H27N/c1-9-13(30)5-17(34)21(25(9)38)29(22-18(35)6-14(31)10(2)26(22)39,23-19(36)7-15(32)11(3)27(23)40)24-20(37)8-16(33)12(4)28(24)41;1-13(9-5-3-6-10-13)15-14(2)11-7-4-8-12-14/h5-8H,1-4H3;15H,3-12H2,1-2H3/q-1;/p+1. The van der Waals surface area contributed by atoms with Crippen molar-refractivity contribution >= 4 is 28.0 Å². The van der Waals surface area contributed by atoms with Crippen LogP contribution in [-0.2, 0) is 0 Å². The molecule has 0 amide bonds. The Bertz CT molecular complexity index is 1870. The summed E-state index contributed by atoms with van der Waals surface area (Å²) in [6.45, 7) is 7.69. The van der Waals surface area contributed by atoms with E-state index in [0.29, 0.717) is 38.8 Å². The third-order valence-corrected chi connectivity index (χ3v) is 12.2. The summed E-state index contributed by atoms with van der Waals surface area (Å²) in [6, 6.07) is -0.298. The molecule has 0 unspecified atom stereocenters. The van der Waals surface area contributed by atoms with E-state index in [9.17, 15) is 17.6 Å². The lowest BCUT2D eigenvalue weighted by atomic mass is 9.12. The van der Waals surface area contributed by atoms with Crippen molar-refractivity contribution < 1.29 is 58.0 Å². The molecule has 0 spiro atoms. The van der Waals surface area contributed by atoms with Crippen LogP contribution < -0.4 is 27.2 Å². The van der Waals surface area contributed by atoms with Gasteiger partial charge in [0.1, 0.15) is 29.4 Å². The summed E-state index contributed by atoms with van der Waals surface area (Å²) in [5.41, 5.74) is -10.8. The van der Waals surface area contributed by atoms with Gasteiger partial charge in [0.2, 0.25) is 0 Å². The molecule has 0 saturated heterocycles. The van der Waals surface area contributed by atoms with Gasteiger partial charge in [-0.25, -0.2) is 52.7 Å². The van der Waals surface area contributed by atoms with Gasteiger partial charge in [0.05, 0.1) is 57.6 Å². The third-order valence-electron chi connectivity index (χ3n) is 12.2. The average Bonchev–Trinajstić information content (AvgIpc) is 3.11. The molecule has 304 valence electrons. The van der Waals surface area contributed by atoms with E-state index in [-0.39, 0.29) is 24.3 Å². The molecule has 2 N–H and O–H groups in total. The molecule has 0 atom stereocenters. The summed E-state index contributed by atoms with van der Waals surface area (Å²) < 4.78 is 184. The van der Waals surface area contributed by atoms with Gasteiger partial charge in [0.15, 0.2) is 0 Å². The Kier molecular flexibility index (Phi) is 12.4. The summed E-state index contributed by atoms with van der Waals surface area (Å²) in [5.74, 6) is -23.4. The highest BCUT2D eigenvalue weighted by Crippen LogP contribution is 2.31. The smallest absolute Gasteiger partial charge is 0.136 e. The highest BCUT2D eigenvalue weighted by atomic mass is 19.2. The minimum atomic E-state index is -5.22. The molecule has 0 heterocycles. The Morgan fingerprint density at radius 2 is 0.589 bits per heavy atom. The number of hydrogen-bond acceptors (Lipinski definition) is 0. The summed E-state index contributed by atoms with van der Waals surface area (Å²) in [5, 5.41) is 2.76. The molecule has 14 heteroatoms. The second kappa shape index (κ2) is 16.1. The zero-order chi connectivity index (χ0) is 41.7. The second-order valence-electron chi connectivity index (χ2n) is 16.2. The van der Waals surface area contributed by atoms with E-state index in [4.69, 9.17) is 0 Å². The molecule has 2 fully saturated rings. The van der Waals surface area contributed by atoms with Gasteiger partial charge in [-0.3, -0.25) is 0 Å². The zero-order valence-electron chi connectivity index (χ0n) is 32.1. The molecule has 4 aromatic rings. The SMILES string of the molecule is CC1([NH2+]C2(C)CCCCC2)CCCCC1.Cc1c(F)cc(F)c([B-](c2c(F)cc(F)c(C)c2F)(c2c(F)cc(F)c(C)c2F)c2c(F)cc(F)c(C)c2F)c1F. The molecule has 2 aliphatic rings. The number of nitrogens with two attached hydrogens (primary N) is 1. The molecule has 0 radical (unpaired) electrons. The Morgan fingerprint density at radius 1 is 0.375 bits per heavy atom. The fourth-order valence-electron chi connectivity index (χ4n) is 9.14. The zero-order valence-corrected chi connectivity index (χ0v) is 32.1. The van der Waals surface area contributed by atoms with Gasteiger partial charge in [0.25, 0.3) is 0 Å². The Hall–Kier alpha value is -3.94. The van der Waals surface area contributed by atoms with Crippen LogP contribution in [0, 0.1) is 97.5 Å². The van der Waals surface area contributed by atoms with Crippen LogP contribution in [0.5, 0.6) is 0 Å². The Morgan fingerprint density at radius 3 is 0.804 bits per heavy atom. The predicted octanol–water partition coefficient (Wildman–Crippen LogP) is 8.96. The molecule has 0 aliphatic heterocycles. The maximum absolute atomic E-state index is 16.0. The van der Waals surface area contributed by atoms with Crippen molar-refractivity contribution in [1.82, 2.24) is 0 Å². The van der Waals surface area contributed by atoms with Gasteiger partial charge < -0.3 is 5.32 Å². The van der Waals surface area contributed by atoms with E-state index < -0.39 is 120 Å². The minimum Gasteiger partial charge on any atom is -0.337 e. The van der Waals surface area contributed by atoms with Crippen LogP contribution in [0.2, 0.25) is 0 Å². The second-order valence-corrected chi connectivity index (χ2v) is 16.2. The molecular formula is C42H44BF12N. The van der Waals surface area contributed by atoms with Gasteiger partial charge >= 0.3 is 0 Å². The van der Waals surface area contributed by atoms with Crippen molar-refractivity contribution in [3.05, 3.63) is 116 Å². The Balaban J connectivity index is 0.000000332. The fourth-order valence-corrected chi connectivity index (χ4v) is 9.14. The van der Waals surface area contributed by atoms with Crippen LogP contribution in [0.15, 0.2) is 24.3 Å². The topological polar surface area (TPSA) is 16.6 Å². The van der Waals surface area contributed by atoms with Gasteiger partial charge in [0, 0.05) is 72.2 Å². The molecule has 1 nitrogen and oxygen atoms in total. The summed E-state index contributed by atoms with van der Waals surface area (Å²) in [7, 11) is 0. The highest BCUT2D eigenvalue weighted by Gasteiger charge is 2.48. The monoisotopic (exact) mass is 801 g/mol. The Labute approximate surface area is 318 Å². The normalized spacial score (nSPS) is 16.8. The van der Waals surface area contributed by atoms with Gasteiger partial charge in [-0.2, -0.15) is 0 Å². The van der Waals surface area contributed by atoms with Crippen LogP contribution in [-0.4, -0.2) is 17.2 Å². The number of halogens is 12. The van der Waals surface area contributed by atoms with Crippen molar-refractivity contribution in [3.8, 4) is 0 Å². The van der Waals surface area contributed by atoms with Crippen LogP contribution in [0.25, 0.3) is 0 Å². The van der Waals surface area contributed by atoms with E-state index in [2.05, 4.69) is 19.2 Å². The molecule has 6 rings (SSSR count). The van der Waals surface area contributed by atoms with E-state index >= 15 is 35.1 Å². The predicted molar refractivity (Wildman–Crippen MR) is 193 cm³/mol. The van der Waals surface area contributed by atoms with Gasteiger partial charge in [-0.15, -0.1) is 21.9 Å². The van der Waals surface area contributed by atoms with Crippen LogP contribution in [0.4, 0.5) is 52.7 Å². The minimum absolute atomic E-state index is 0.0746. The van der Waals surface area contributed by atoms with Gasteiger partial charge in [-0.05, 0) is 67.2 Å². The van der Waals surface area contributed by atoms with Crippen LogP contribution in [0.1, 0.15) is 100 Å². The van der Waals surface area contributed by atoms with E-state index in [0.717, 1.165) is 0 Å². The number of quaternary nitrogens is 1. The van der Waals surface area contributed by atoms with Crippen molar-refractivity contribution in [3.63, 3.8) is 0 Å². The quantitative estimate of drug-likeness (QED) is 0.148. The summed E-state index contributed by atoms with van der Waals surface area (Å²) >= 11 is 0. The summed E-state index contributed by atoms with van der Waals surface area (Å²) in [6.07, 6.45) is 9.36. The van der Waals surface area contributed by atoms with Crippen molar-refractivity contribution in [2.24, 2.45) is 0 Å². The summed E-state index contributed by atoms with van der Waals surface area (Å²) in [4.78, 5) is 0. The first-order chi connectivity index (χ1) is 26.1. The van der Waals surface area contributed by atoms with Crippen LogP contribution >= 0.6 is 0 Å². The lowest BCUT2D eigenvalue weighted by Crippen LogP contribution is -3.05. The molecule has 0 aromatic heterocycles. The molecule has 0 bridgehead atoms. The first-order valence-electron chi connectivity index (χ1n) is 18.7. The molecule has 4 aromatic carbocycles. The fraction of sp³-hybridized carbons (Fsp3) is 0.429. The maximum Gasteiger partial charge on any atom is 0.136 e. The third kappa shape index (κ3) is 7.58. The van der Waals surface area contributed by atoms with Gasteiger partial charge in [-0.1, -0.05) is 12.8 Å². The maximum atomic E-state index is 16.0. The lowest BCUT2D eigenvalue weighted by molar-refractivity contribution is -0.789. The number of rotatable bonds is 6. The largest absolute Gasteiger partial charge is 0.337 e. The first kappa shape index (κ1) is 43.2. The van der Waals surface area contributed by atoms with Crippen LogP contribution in [0.3, 0.4) is 0 Å². The number of hydrogen-bond donors (Lipinski definition) is 1. The molecule has 2 aliphatic carbocycles. The van der Waals surface area contributed by atoms with Crippen molar-refractivity contribution in [2.45, 2.75) is 117 Å².